The van der Waals surface area contributed by atoms with E-state index in [2.05, 4.69) is 102 Å². The first-order valence-electron chi connectivity index (χ1n) is 15.8. The summed E-state index contributed by atoms with van der Waals surface area (Å²) in [6.07, 6.45) is 17.1. The summed E-state index contributed by atoms with van der Waals surface area (Å²) in [6.45, 7) is 11.0. The van der Waals surface area contributed by atoms with Gasteiger partial charge >= 0.3 is 27.5 Å². The van der Waals surface area contributed by atoms with Crippen LogP contribution in [0.5, 0.6) is 0 Å². The van der Waals surface area contributed by atoms with Crippen LogP contribution < -0.4 is 0 Å². The quantitative estimate of drug-likeness (QED) is 0.0827. The second-order valence-corrected chi connectivity index (χ2v) is 14.0. The molecule has 0 saturated heterocycles. The Hall–Kier alpha value is -2.54. The normalized spacial score (nSPS) is 10.6. The number of rotatable bonds is 9. The standard InChI is InChI=1S/C14H10N.C13H8N.C12H27P.ClH.Ir/c1-10-4-2-5-11-7-8-12-6-3-9-15-14(12)13(10)11;1-2-6-12-10(4-1)7-8-11-5-3-9-14-13(11)12;1-4-7-10-13(11-8-5-2)12-9-6-3;;/h2-9H,1H2;1-5,7-9H;4-12H2,1-3H3;1H;/q2*-1;;;+3. The van der Waals surface area contributed by atoms with Crippen molar-refractivity contribution in [2.75, 3.05) is 18.5 Å². The summed E-state index contributed by atoms with van der Waals surface area (Å²) in [4.78, 5) is 8.81. The summed E-state index contributed by atoms with van der Waals surface area (Å²) >= 11 is 1.47. The van der Waals surface area contributed by atoms with E-state index in [0.717, 1.165) is 27.4 Å². The van der Waals surface area contributed by atoms with E-state index in [-0.39, 0.29) is 7.92 Å². The fourth-order valence-electron chi connectivity index (χ4n) is 5.38. The van der Waals surface area contributed by atoms with Crippen molar-refractivity contribution in [1.29, 1.82) is 0 Å². The first-order valence-corrected chi connectivity index (χ1v) is 20.9. The zero-order valence-corrected chi connectivity index (χ0v) is 30.6. The van der Waals surface area contributed by atoms with Crippen molar-refractivity contribution < 1.29 is 17.9 Å². The Labute approximate surface area is 281 Å². The number of hydrogen-bond donors (Lipinski definition) is 0. The Kier molecular flexibility index (Phi) is 16.7. The topological polar surface area (TPSA) is 25.8 Å². The summed E-state index contributed by atoms with van der Waals surface area (Å²) in [6, 6.07) is 31.9. The summed E-state index contributed by atoms with van der Waals surface area (Å²) in [5.74, 6) is 0. The van der Waals surface area contributed by atoms with Crippen LogP contribution in [0.2, 0.25) is 0 Å². The maximum absolute atomic E-state index is 4.64. The number of halogens is 1. The number of nitrogens with zero attached hydrogens (tertiary/aromatic N) is 2. The fraction of sp³-hybridized carbons (Fsp3) is 0.308. The molecule has 0 unspecified atom stereocenters. The molecule has 0 amide bonds. The van der Waals surface area contributed by atoms with Crippen molar-refractivity contribution >= 4 is 60.9 Å². The Bertz CT molecular complexity index is 1620. The van der Waals surface area contributed by atoms with Gasteiger partial charge in [-0.25, -0.2) is 0 Å². The predicted molar refractivity (Wildman–Crippen MR) is 195 cm³/mol. The minimum atomic E-state index is 0.0675. The molecule has 5 heteroatoms. The van der Waals surface area contributed by atoms with Crippen LogP contribution in [0.3, 0.4) is 0 Å². The molecule has 0 aliphatic heterocycles. The maximum atomic E-state index is 4.64. The van der Waals surface area contributed by atoms with Crippen molar-refractivity contribution in [2.45, 2.75) is 59.3 Å². The van der Waals surface area contributed by atoms with Gasteiger partial charge < -0.3 is 4.98 Å². The molecule has 0 atom stereocenters. The van der Waals surface area contributed by atoms with E-state index in [4.69, 9.17) is 0 Å². The Balaban J connectivity index is 0.000000176. The Morgan fingerprint density at radius 2 is 1.14 bits per heavy atom. The van der Waals surface area contributed by atoms with E-state index in [1.54, 1.807) is 18.5 Å². The van der Waals surface area contributed by atoms with E-state index in [1.165, 1.54) is 78.0 Å². The number of pyridine rings is 2. The molecule has 2 aromatic heterocycles. The summed E-state index contributed by atoms with van der Waals surface area (Å²) in [5.41, 5.74) is 3.11. The third-order valence-electron chi connectivity index (χ3n) is 7.76. The molecule has 6 aromatic rings. The monoisotopic (exact) mass is 801 g/mol. The smallest absolute Gasteiger partial charge is 0.0161 e. The van der Waals surface area contributed by atoms with Gasteiger partial charge in [-0.2, -0.15) is 18.6 Å². The van der Waals surface area contributed by atoms with Gasteiger partial charge in [0.1, 0.15) is 0 Å². The van der Waals surface area contributed by atoms with Crippen LogP contribution in [-0.4, -0.2) is 28.5 Å². The fourth-order valence-corrected chi connectivity index (χ4v) is 8.69. The maximum Gasteiger partial charge on any atom is 0.0161 e. The van der Waals surface area contributed by atoms with Crippen LogP contribution in [0.1, 0.15) is 64.9 Å². The van der Waals surface area contributed by atoms with Crippen molar-refractivity contribution in [3.63, 3.8) is 0 Å². The number of aromatic nitrogens is 2. The molecule has 0 fully saturated rings. The van der Waals surface area contributed by atoms with E-state index >= 15 is 0 Å². The third-order valence-corrected chi connectivity index (χ3v) is 10.9. The number of hydrogen-bond acceptors (Lipinski definition) is 2. The van der Waals surface area contributed by atoms with Gasteiger partial charge in [0.05, 0.1) is 18.5 Å². The minimum absolute atomic E-state index is 0.0675. The Morgan fingerprint density at radius 3 is 1.75 bits per heavy atom. The molecule has 232 valence electrons. The van der Waals surface area contributed by atoms with Gasteiger partial charge in [-0.3, -0.25) is 4.98 Å². The SMILES string of the molecule is CCCC[PH+](CCCC)CCCC.[CH2-]c1cccc2ccc3cccnc3c12.[Cl][Ir+2].[c-]1cccc2ccc3cccnc3c12. The average molecular weight is 801 g/mol. The summed E-state index contributed by atoms with van der Waals surface area (Å²) < 4.78 is 0. The van der Waals surface area contributed by atoms with Crippen LogP contribution in [0, 0.1) is 13.0 Å². The molecular formula is C39H46ClIrN2P+. The van der Waals surface area contributed by atoms with Gasteiger partial charge in [0.15, 0.2) is 0 Å². The van der Waals surface area contributed by atoms with Gasteiger partial charge in [-0.1, -0.05) is 93.3 Å². The largest absolute Gasteiger partial charge is 0.304 e. The van der Waals surface area contributed by atoms with E-state index < -0.39 is 0 Å². The first-order chi connectivity index (χ1) is 21.7. The van der Waals surface area contributed by atoms with Crippen molar-refractivity contribution in [3.05, 3.63) is 116 Å². The molecule has 0 radical (unpaired) electrons. The van der Waals surface area contributed by atoms with Crippen LogP contribution >= 0.6 is 17.5 Å². The van der Waals surface area contributed by atoms with Gasteiger partial charge in [-0.15, -0.1) is 41.1 Å². The Morgan fingerprint density at radius 1 is 0.636 bits per heavy atom. The molecule has 2 nitrogen and oxygen atoms in total. The van der Waals surface area contributed by atoms with Crippen LogP contribution in [0.15, 0.2) is 97.3 Å². The summed E-state index contributed by atoms with van der Waals surface area (Å²) in [7, 11) is 4.71. The van der Waals surface area contributed by atoms with Gasteiger partial charge in [0.2, 0.25) is 0 Å². The molecule has 2 heterocycles. The van der Waals surface area contributed by atoms with E-state index in [0.29, 0.717) is 0 Å². The molecule has 4 aromatic carbocycles. The molecule has 0 N–H and O–H groups in total. The molecule has 44 heavy (non-hydrogen) atoms. The van der Waals surface area contributed by atoms with Gasteiger partial charge in [-0.05, 0) is 47.7 Å². The van der Waals surface area contributed by atoms with Gasteiger partial charge in [0, 0.05) is 25.8 Å². The molecule has 6 rings (SSSR count). The molecule has 0 bridgehead atoms. The second kappa shape index (κ2) is 20.5. The zero-order valence-electron chi connectivity index (χ0n) is 26.4. The zero-order chi connectivity index (χ0) is 31.6. The average Bonchev–Trinajstić information content (AvgIpc) is 3.09. The molecule has 0 saturated carbocycles. The first kappa shape index (κ1) is 35.9. The predicted octanol–water partition coefficient (Wildman–Crippen LogP) is 12.0. The van der Waals surface area contributed by atoms with Crippen molar-refractivity contribution in [3.8, 4) is 0 Å². The number of fused-ring (bicyclic) bond motifs is 6. The van der Waals surface area contributed by atoms with Crippen LogP contribution in [0.25, 0.3) is 43.4 Å². The molecule has 0 aliphatic carbocycles. The molecule has 0 spiro atoms. The third kappa shape index (κ3) is 10.5. The molecule has 0 aliphatic rings. The van der Waals surface area contributed by atoms with Gasteiger partial charge in [0.25, 0.3) is 0 Å². The second-order valence-electron chi connectivity index (χ2n) is 11.0. The summed E-state index contributed by atoms with van der Waals surface area (Å²) in [5, 5.41) is 7.00. The van der Waals surface area contributed by atoms with E-state index in [1.807, 2.05) is 48.8 Å². The number of unbranched alkanes of at least 4 members (excludes halogenated alkanes) is 3. The van der Waals surface area contributed by atoms with E-state index in [9.17, 15) is 0 Å². The van der Waals surface area contributed by atoms with Crippen LogP contribution in [-0.2, 0) is 17.9 Å². The van der Waals surface area contributed by atoms with Crippen molar-refractivity contribution in [1.82, 2.24) is 9.97 Å². The minimum Gasteiger partial charge on any atom is -0.304 e. The van der Waals surface area contributed by atoms with Crippen molar-refractivity contribution in [2.24, 2.45) is 0 Å². The number of benzene rings is 4. The van der Waals surface area contributed by atoms with Crippen LogP contribution in [0.4, 0.5) is 0 Å². The molecular weight excluding hydrogens is 755 g/mol.